The van der Waals surface area contributed by atoms with Gasteiger partial charge in [0.25, 0.3) is 0 Å². The van der Waals surface area contributed by atoms with Gasteiger partial charge in [-0.2, -0.15) is 0 Å². The molecule has 0 bridgehead atoms. The number of hydrogen-bond acceptors (Lipinski definition) is 4. The third-order valence-electron chi connectivity index (χ3n) is 13.4. The Hall–Kier alpha value is -1.40. The minimum absolute atomic E-state index is 0.0677. The van der Waals surface area contributed by atoms with Gasteiger partial charge < -0.3 is 20.4 Å². The van der Waals surface area contributed by atoms with Gasteiger partial charge in [-0.1, -0.05) is 39.3 Å². The summed E-state index contributed by atoms with van der Waals surface area (Å²) in [6.45, 7) is 11.0. The molecule has 5 rings (SSSR count). The lowest BCUT2D eigenvalue weighted by atomic mass is 9.33. The van der Waals surface area contributed by atoms with E-state index in [9.17, 15) is 30.0 Å². The molecule has 4 fully saturated rings. The fraction of sp³-hybridized carbons (Fsp3) is 0.867. The second kappa shape index (κ2) is 7.81. The van der Waals surface area contributed by atoms with Crippen LogP contribution < -0.4 is 0 Å². The second-order valence-corrected chi connectivity index (χ2v) is 14.6. The summed E-state index contributed by atoms with van der Waals surface area (Å²) in [5.41, 5.74) is -1.27. The van der Waals surface area contributed by atoms with Gasteiger partial charge in [0.15, 0.2) is 0 Å². The van der Waals surface area contributed by atoms with Crippen LogP contribution in [0.25, 0.3) is 0 Å². The zero-order valence-electron chi connectivity index (χ0n) is 22.8. The number of carboxylic acid groups (broad SMARTS) is 2. The number of carbonyl (C=O) groups is 2. The number of carboxylic acids is 2. The number of rotatable bonds is 3. The number of fused-ring (bicyclic) bond motifs is 7. The Morgan fingerprint density at radius 1 is 0.889 bits per heavy atom. The monoisotopic (exact) mass is 502 g/mol. The summed E-state index contributed by atoms with van der Waals surface area (Å²) >= 11 is 0. The van der Waals surface area contributed by atoms with Crippen LogP contribution in [0.2, 0.25) is 0 Å². The van der Waals surface area contributed by atoms with Crippen molar-refractivity contribution >= 4 is 11.9 Å². The van der Waals surface area contributed by atoms with Gasteiger partial charge >= 0.3 is 11.9 Å². The van der Waals surface area contributed by atoms with E-state index in [1.807, 2.05) is 0 Å². The summed E-state index contributed by atoms with van der Waals surface area (Å²) < 4.78 is 0. The van der Waals surface area contributed by atoms with Crippen molar-refractivity contribution in [1.29, 1.82) is 0 Å². The van der Waals surface area contributed by atoms with E-state index in [4.69, 9.17) is 0 Å². The molecule has 0 spiro atoms. The Bertz CT molecular complexity index is 1010. The summed E-state index contributed by atoms with van der Waals surface area (Å²) in [6.07, 6.45) is 8.94. The first-order chi connectivity index (χ1) is 16.6. The summed E-state index contributed by atoms with van der Waals surface area (Å²) in [5, 5.41) is 41.8. The molecule has 0 saturated heterocycles. The average Bonchev–Trinajstić information content (AvgIpc) is 2.82. The van der Waals surface area contributed by atoms with Crippen LogP contribution >= 0.6 is 0 Å². The smallest absolute Gasteiger partial charge is 0.312 e. The molecule has 0 heterocycles. The lowest BCUT2D eigenvalue weighted by Crippen LogP contribution is -2.66. The summed E-state index contributed by atoms with van der Waals surface area (Å²) in [4.78, 5) is 25.3. The lowest BCUT2D eigenvalue weighted by Gasteiger charge is -2.70. The molecule has 0 aromatic carbocycles. The van der Waals surface area contributed by atoms with Gasteiger partial charge in [0.1, 0.15) is 0 Å². The van der Waals surface area contributed by atoms with E-state index in [0.717, 1.165) is 38.5 Å². The molecule has 3 unspecified atom stereocenters. The minimum atomic E-state index is -1.14. The van der Waals surface area contributed by atoms with Crippen LogP contribution in [0, 0.1) is 50.2 Å². The van der Waals surface area contributed by atoms with Gasteiger partial charge in [-0.05, 0) is 111 Å². The van der Waals surface area contributed by atoms with Gasteiger partial charge in [-0.25, -0.2) is 0 Å². The van der Waals surface area contributed by atoms with Crippen LogP contribution in [0.4, 0.5) is 0 Å². The average molecular weight is 503 g/mol. The van der Waals surface area contributed by atoms with E-state index in [2.05, 4.69) is 33.8 Å². The molecule has 5 aliphatic carbocycles. The number of aliphatic carboxylic acids is 2. The SMILES string of the molecule is C[C@@]1(CO)CC[C@]2(C(=O)O)CC[C@]3(C)C(=CCC4[C@@]5(C)CC[C@H](O)[C@@](C)(C(=O)O)C5CC[C@]43C)C2C1. The number of aliphatic hydroxyl groups is 2. The molecule has 4 N–H and O–H groups in total. The van der Waals surface area contributed by atoms with Crippen LogP contribution in [-0.2, 0) is 9.59 Å². The third kappa shape index (κ3) is 2.98. The van der Waals surface area contributed by atoms with Crippen molar-refractivity contribution in [3.05, 3.63) is 11.6 Å². The van der Waals surface area contributed by atoms with E-state index in [0.29, 0.717) is 25.7 Å². The van der Waals surface area contributed by atoms with Crippen LogP contribution in [0.5, 0.6) is 0 Å². The third-order valence-corrected chi connectivity index (χ3v) is 13.4. The highest BCUT2D eigenvalue weighted by molar-refractivity contribution is 5.77. The highest BCUT2D eigenvalue weighted by Gasteiger charge is 2.70. The fourth-order valence-electron chi connectivity index (χ4n) is 10.6. The Balaban J connectivity index is 1.60. The first kappa shape index (κ1) is 26.2. The summed E-state index contributed by atoms with van der Waals surface area (Å²) in [7, 11) is 0. The van der Waals surface area contributed by atoms with E-state index in [1.165, 1.54) is 5.57 Å². The highest BCUT2D eigenvalue weighted by atomic mass is 16.4. The fourth-order valence-corrected chi connectivity index (χ4v) is 10.6. The van der Waals surface area contributed by atoms with Crippen LogP contribution in [-0.4, -0.2) is 45.1 Å². The molecule has 10 atom stereocenters. The van der Waals surface area contributed by atoms with Crippen molar-refractivity contribution in [2.75, 3.05) is 6.61 Å². The molecule has 0 aromatic heterocycles. The molecule has 0 aliphatic heterocycles. The zero-order valence-corrected chi connectivity index (χ0v) is 22.8. The Labute approximate surface area is 215 Å². The molecule has 0 aromatic rings. The maximum Gasteiger partial charge on any atom is 0.312 e. The van der Waals surface area contributed by atoms with Crippen molar-refractivity contribution in [3.63, 3.8) is 0 Å². The first-order valence-electron chi connectivity index (χ1n) is 14.1. The topological polar surface area (TPSA) is 115 Å². The molecule has 4 saturated carbocycles. The molecular weight excluding hydrogens is 456 g/mol. The Kier molecular flexibility index (Phi) is 5.69. The van der Waals surface area contributed by atoms with Gasteiger partial charge in [0, 0.05) is 6.61 Å². The van der Waals surface area contributed by atoms with E-state index >= 15 is 0 Å². The number of hydrogen-bond donors (Lipinski definition) is 4. The second-order valence-electron chi connectivity index (χ2n) is 14.6. The molecule has 36 heavy (non-hydrogen) atoms. The molecular formula is C30H46O6. The van der Waals surface area contributed by atoms with Crippen LogP contribution in [0.3, 0.4) is 0 Å². The molecule has 202 valence electrons. The van der Waals surface area contributed by atoms with Crippen LogP contribution in [0.15, 0.2) is 11.6 Å². The lowest BCUT2D eigenvalue weighted by molar-refractivity contribution is -0.217. The van der Waals surface area contributed by atoms with E-state index in [1.54, 1.807) is 6.92 Å². The summed E-state index contributed by atoms with van der Waals surface area (Å²) in [6, 6.07) is 0. The largest absolute Gasteiger partial charge is 0.481 e. The van der Waals surface area contributed by atoms with Gasteiger partial charge in [0.2, 0.25) is 0 Å². The predicted octanol–water partition coefficient (Wildman–Crippen LogP) is 5.27. The molecule has 6 nitrogen and oxygen atoms in total. The normalized spacial score (nSPS) is 54.2. The summed E-state index contributed by atoms with van der Waals surface area (Å²) in [5.74, 6) is -1.44. The van der Waals surface area contributed by atoms with E-state index in [-0.39, 0.29) is 46.0 Å². The van der Waals surface area contributed by atoms with Crippen molar-refractivity contribution in [3.8, 4) is 0 Å². The quantitative estimate of drug-likeness (QED) is 0.391. The van der Waals surface area contributed by atoms with Gasteiger partial charge in [-0.15, -0.1) is 0 Å². The standard InChI is InChI=1S/C30H46O6/c1-25(17-31)12-14-30(24(35)36)15-13-27(3)18(19(30)16-25)6-7-20-26(2)10-9-22(32)29(5,23(33)34)21(26)8-11-28(20,27)4/h6,19-22,31-32H,7-17H2,1-5H3,(H,33,34)(H,35,36)/t19?,20?,21?,22-,25+,26+,27+,28+,29-,30-/m0/s1. The van der Waals surface area contributed by atoms with E-state index < -0.39 is 28.9 Å². The Morgan fingerprint density at radius 2 is 1.56 bits per heavy atom. The van der Waals surface area contributed by atoms with Gasteiger partial charge in [0.05, 0.1) is 16.9 Å². The van der Waals surface area contributed by atoms with Crippen molar-refractivity contribution in [2.45, 2.75) is 105 Å². The molecule has 5 aliphatic rings. The van der Waals surface area contributed by atoms with Crippen molar-refractivity contribution in [1.82, 2.24) is 0 Å². The first-order valence-corrected chi connectivity index (χ1v) is 14.1. The Morgan fingerprint density at radius 3 is 2.17 bits per heavy atom. The molecule has 0 amide bonds. The number of aliphatic hydroxyl groups excluding tert-OH is 2. The molecule has 6 heteroatoms. The van der Waals surface area contributed by atoms with Crippen molar-refractivity contribution < 1.29 is 30.0 Å². The zero-order chi connectivity index (χ0) is 26.5. The minimum Gasteiger partial charge on any atom is -0.481 e. The van der Waals surface area contributed by atoms with Crippen molar-refractivity contribution in [2.24, 2.45) is 50.2 Å². The molecule has 0 radical (unpaired) electrons. The predicted molar refractivity (Wildman–Crippen MR) is 136 cm³/mol. The maximum atomic E-state index is 12.8. The van der Waals surface area contributed by atoms with Gasteiger partial charge in [-0.3, -0.25) is 9.59 Å². The maximum absolute atomic E-state index is 12.8. The highest BCUT2D eigenvalue weighted by Crippen LogP contribution is 2.75. The van der Waals surface area contributed by atoms with Crippen LogP contribution in [0.1, 0.15) is 98.8 Å². The number of allylic oxidation sites excluding steroid dienone is 2.